The molecular formula is C24H28N6O2S. The molecule has 0 N–H and O–H groups in total. The summed E-state index contributed by atoms with van der Waals surface area (Å²) >= 11 is 0. The summed E-state index contributed by atoms with van der Waals surface area (Å²) in [4.78, 5) is 9.54. The molecule has 9 heteroatoms. The molecule has 172 valence electrons. The van der Waals surface area contributed by atoms with E-state index in [1.165, 1.54) is 6.26 Å². The second-order valence-electron chi connectivity index (χ2n) is 9.05. The van der Waals surface area contributed by atoms with Crippen LogP contribution in [0.15, 0.2) is 48.7 Å². The van der Waals surface area contributed by atoms with Crippen molar-refractivity contribution in [1.29, 1.82) is 5.26 Å². The number of likely N-dealkylation sites (tertiary alicyclic amines) is 1. The molecule has 2 fully saturated rings. The van der Waals surface area contributed by atoms with Crippen molar-refractivity contribution >= 4 is 26.9 Å². The first kappa shape index (κ1) is 21.9. The molecule has 0 bridgehead atoms. The van der Waals surface area contributed by atoms with E-state index >= 15 is 0 Å². The molecule has 1 aromatic carbocycles. The lowest BCUT2D eigenvalue weighted by Gasteiger charge is -2.41. The highest BCUT2D eigenvalue weighted by Gasteiger charge is 2.33. The Bertz CT molecular complexity index is 1310. The van der Waals surface area contributed by atoms with Gasteiger partial charge in [-0.15, -0.1) is 0 Å². The van der Waals surface area contributed by atoms with Gasteiger partial charge in [0.2, 0.25) is 10.0 Å². The molecule has 2 aliphatic rings. The van der Waals surface area contributed by atoms with Crippen molar-refractivity contribution in [2.75, 3.05) is 50.9 Å². The molecule has 0 spiro atoms. The molecule has 0 saturated carbocycles. The molecule has 5 rings (SSSR count). The molecule has 4 heterocycles. The fraction of sp³-hybridized carbons (Fsp3) is 0.417. The van der Waals surface area contributed by atoms with Gasteiger partial charge in [-0.3, -0.25) is 0 Å². The van der Waals surface area contributed by atoms with Gasteiger partial charge in [0.05, 0.1) is 17.9 Å². The van der Waals surface area contributed by atoms with Crippen LogP contribution < -0.4 is 4.90 Å². The number of rotatable bonds is 4. The van der Waals surface area contributed by atoms with Crippen LogP contribution >= 0.6 is 0 Å². The van der Waals surface area contributed by atoms with Crippen LogP contribution in [0.3, 0.4) is 0 Å². The van der Waals surface area contributed by atoms with Gasteiger partial charge in [0, 0.05) is 43.8 Å². The smallest absolute Gasteiger partial charge is 0.211 e. The van der Waals surface area contributed by atoms with Crippen LogP contribution in [-0.2, 0) is 10.0 Å². The molecule has 0 radical (unpaired) electrons. The largest absolute Gasteiger partial charge is 0.347 e. The number of hydrogen-bond donors (Lipinski definition) is 0. The number of fused-ring (bicyclic) bond motifs is 1. The highest BCUT2D eigenvalue weighted by molar-refractivity contribution is 7.88. The Labute approximate surface area is 194 Å². The molecular weight excluding hydrogens is 436 g/mol. The standard InChI is InChI=1S/C24H28N6O2S/c1-27-11-10-20(16-27)30-15-19(14-25)21-8-9-23(26-24(21)30)29-13-12-28(33(2,31)32)17-22(29)18-6-4-3-5-7-18/h3-9,15,20,22H,10-13,16-17H2,1-2H3/t20-,22?/m0/s1. The Morgan fingerprint density at radius 3 is 2.52 bits per heavy atom. The summed E-state index contributed by atoms with van der Waals surface area (Å²) in [6.07, 6.45) is 4.22. The molecule has 3 aromatic rings. The lowest BCUT2D eigenvalue weighted by molar-refractivity contribution is 0.336. The van der Waals surface area contributed by atoms with Crippen LogP contribution in [0.2, 0.25) is 0 Å². The summed E-state index contributed by atoms with van der Waals surface area (Å²) in [6.45, 7) is 3.29. The first-order valence-electron chi connectivity index (χ1n) is 11.2. The average molecular weight is 465 g/mol. The lowest BCUT2D eigenvalue weighted by atomic mass is 10.0. The number of aromatic nitrogens is 2. The maximum absolute atomic E-state index is 12.3. The third-order valence-corrected chi connectivity index (χ3v) is 8.10. The molecule has 33 heavy (non-hydrogen) atoms. The van der Waals surface area contributed by atoms with Crippen LogP contribution in [0.5, 0.6) is 0 Å². The quantitative estimate of drug-likeness (QED) is 0.590. The predicted octanol–water partition coefficient (Wildman–Crippen LogP) is 2.61. The Morgan fingerprint density at radius 2 is 1.85 bits per heavy atom. The van der Waals surface area contributed by atoms with Crippen molar-refractivity contribution in [2.24, 2.45) is 0 Å². The second kappa shape index (κ2) is 8.45. The second-order valence-corrected chi connectivity index (χ2v) is 11.0. The van der Waals surface area contributed by atoms with Gasteiger partial charge >= 0.3 is 0 Å². The van der Waals surface area contributed by atoms with Crippen LogP contribution in [0.1, 0.15) is 29.6 Å². The zero-order valence-corrected chi connectivity index (χ0v) is 19.7. The summed E-state index contributed by atoms with van der Waals surface area (Å²) in [5.41, 5.74) is 2.51. The number of piperazine rings is 1. The van der Waals surface area contributed by atoms with Crippen molar-refractivity contribution in [3.05, 3.63) is 59.8 Å². The number of nitriles is 1. The summed E-state index contributed by atoms with van der Waals surface area (Å²) in [7, 11) is -1.18. The third kappa shape index (κ3) is 4.10. The van der Waals surface area contributed by atoms with Crippen LogP contribution in [-0.4, -0.2) is 73.2 Å². The van der Waals surface area contributed by atoms with E-state index in [4.69, 9.17) is 4.98 Å². The fourth-order valence-corrected chi connectivity index (χ4v) is 5.90. The van der Waals surface area contributed by atoms with Gasteiger partial charge in [0.1, 0.15) is 17.5 Å². The van der Waals surface area contributed by atoms with E-state index in [1.807, 2.05) is 48.7 Å². The van der Waals surface area contributed by atoms with Crippen molar-refractivity contribution in [3.8, 4) is 6.07 Å². The van der Waals surface area contributed by atoms with E-state index in [9.17, 15) is 13.7 Å². The number of nitrogens with zero attached hydrogens (tertiary/aromatic N) is 6. The molecule has 2 atom stereocenters. The number of benzene rings is 1. The molecule has 1 unspecified atom stereocenters. The van der Waals surface area contributed by atoms with Crippen LogP contribution in [0, 0.1) is 11.3 Å². The van der Waals surface area contributed by atoms with E-state index in [2.05, 4.69) is 27.5 Å². The summed E-state index contributed by atoms with van der Waals surface area (Å²) < 4.78 is 28.3. The Hall–Kier alpha value is -2.93. The molecule has 0 aliphatic carbocycles. The van der Waals surface area contributed by atoms with Crippen molar-refractivity contribution < 1.29 is 8.42 Å². The summed E-state index contributed by atoms with van der Waals surface area (Å²) in [5, 5.41) is 10.5. The summed E-state index contributed by atoms with van der Waals surface area (Å²) in [6, 6.07) is 16.4. The van der Waals surface area contributed by atoms with Gasteiger partial charge in [-0.05, 0) is 37.7 Å². The normalized spacial score (nSPS) is 22.6. The van der Waals surface area contributed by atoms with Gasteiger partial charge in [0.25, 0.3) is 0 Å². The van der Waals surface area contributed by atoms with Crippen molar-refractivity contribution in [3.63, 3.8) is 0 Å². The zero-order valence-electron chi connectivity index (χ0n) is 18.9. The average Bonchev–Trinajstić information content (AvgIpc) is 3.41. The van der Waals surface area contributed by atoms with Gasteiger partial charge in [-0.25, -0.2) is 13.4 Å². The first-order chi connectivity index (χ1) is 15.8. The number of likely N-dealkylation sites (N-methyl/N-ethyl adjacent to an activating group) is 1. The van der Waals surface area contributed by atoms with Crippen LogP contribution in [0.4, 0.5) is 5.82 Å². The molecule has 8 nitrogen and oxygen atoms in total. The SMILES string of the molecule is CN1CC[C@H](n2cc(C#N)c3ccc(N4CCN(S(C)(=O)=O)CC4c4ccccc4)nc32)C1. The maximum Gasteiger partial charge on any atom is 0.211 e. The highest BCUT2D eigenvalue weighted by Crippen LogP contribution is 2.34. The molecule has 0 amide bonds. The zero-order chi connectivity index (χ0) is 23.2. The first-order valence-corrected chi connectivity index (χ1v) is 13.1. The van der Waals surface area contributed by atoms with Gasteiger partial charge in [0.15, 0.2) is 0 Å². The van der Waals surface area contributed by atoms with E-state index in [-0.39, 0.29) is 12.1 Å². The highest BCUT2D eigenvalue weighted by atomic mass is 32.2. The topological polar surface area (TPSA) is 85.5 Å². The minimum Gasteiger partial charge on any atom is -0.347 e. The predicted molar refractivity (Wildman–Crippen MR) is 129 cm³/mol. The van der Waals surface area contributed by atoms with E-state index in [1.54, 1.807) is 4.31 Å². The number of sulfonamides is 1. The van der Waals surface area contributed by atoms with Gasteiger partial charge in [-0.2, -0.15) is 9.57 Å². The monoisotopic (exact) mass is 464 g/mol. The van der Waals surface area contributed by atoms with Gasteiger partial charge < -0.3 is 14.4 Å². The van der Waals surface area contributed by atoms with Gasteiger partial charge in [-0.1, -0.05) is 30.3 Å². The molecule has 2 aromatic heterocycles. The van der Waals surface area contributed by atoms with Crippen molar-refractivity contribution in [2.45, 2.75) is 18.5 Å². The summed E-state index contributed by atoms with van der Waals surface area (Å²) in [5.74, 6) is 0.805. The van der Waals surface area contributed by atoms with E-state index < -0.39 is 10.0 Å². The lowest BCUT2D eigenvalue weighted by Crippen LogP contribution is -2.50. The number of hydrogen-bond acceptors (Lipinski definition) is 6. The molecule has 2 saturated heterocycles. The fourth-order valence-electron chi connectivity index (χ4n) is 5.08. The van der Waals surface area contributed by atoms with Crippen LogP contribution in [0.25, 0.3) is 11.0 Å². The Balaban J connectivity index is 1.57. The van der Waals surface area contributed by atoms with Crippen molar-refractivity contribution in [1.82, 2.24) is 18.8 Å². The Morgan fingerprint density at radius 1 is 1.06 bits per heavy atom. The number of pyridine rings is 1. The van der Waals surface area contributed by atoms with E-state index in [0.717, 1.165) is 41.9 Å². The minimum atomic E-state index is -3.29. The molecule has 2 aliphatic heterocycles. The van der Waals surface area contributed by atoms with E-state index in [0.29, 0.717) is 25.2 Å². The third-order valence-electron chi connectivity index (χ3n) is 6.83. The Kier molecular flexibility index (Phi) is 5.60. The maximum atomic E-state index is 12.3. The number of anilines is 1. The minimum absolute atomic E-state index is 0.143.